The monoisotopic (exact) mass is 409 g/mol. The first-order chi connectivity index (χ1) is 14.6. The SMILES string of the molecule is CCN(CC)CCNC(=O)c1ccc(NC(=O)COc2ccc3c(c2)CCC3)cc1. The molecule has 0 fully saturated rings. The van der Waals surface area contributed by atoms with Gasteiger partial charge in [-0.25, -0.2) is 0 Å². The van der Waals surface area contributed by atoms with Crippen LogP contribution in [0.2, 0.25) is 0 Å². The number of benzene rings is 2. The molecule has 6 nitrogen and oxygen atoms in total. The van der Waals surface area contributed by atoms with Gasteiger partial charge in [-0.05, 0) is 79.9 Å². The van der Waals surface area contributed by atoms with Crippen LogP contribution in [0.3, 0.4) is 0 Å². The molecule has 30 heavy (non-hydrogen) atoms. The fraction of sp³-hybridized carbons (Fsp3) is 0.417. The highest BCUT2D eigenvalue weighted by Crippen LogP contribution is 2.26. The van der Waals surface area contributed by atoms with E-state index in [0.29, 0.717) is 17.8 Å². The van der Waals surface area contributed by atoms with Crippen LogP contribution in [0.1, 0.15) is 41.8 Å². The van der Waals surface area contributed by atoms with E-state index in [1.807, 2.05) is 12.1 Å². The number of carbonyl (C=O) groups excluding carboxylic acids is 2. The molecule has 0 spiro atoms. The van der Waals surface area contributed by atoms with Gasteiger partial charge in [-0.3, -0.25) is 9.59 Å². The Morgan fingerprint density at radius 1 is 1.00 bits per heavy atom. The lowest BCUT2D eigenvalue weighted by atomic mass is 10.1. The number of anilines is 1. The molecule has 0 unspecified atom stereocenters. The number of carbonyl (C=O) groups is 2. The zero-order chi connectivity index (χ0) is 21.3. The number of amides is 2. The highest BCUT2D eigenvalue weighted by molar-refractivity contribution is 5.96. The van der Waals surface area contributed by atoms with Crippen molar-refractivity contribution in [1.29, 1.82) is 0 Å². The average molecular weight is 410 g/mol. The Kier molecular flexibility index (Phi) is 7.85. The molecule has 0 saturated heterocycles. The molecule has 2 aromatic rings. The topological polar surface area (TPSA) is 70.7 Å². The molecule has 0 saturated carbocycles. The average Bonchev–Trinajstić information content (AvgIpc) is 3.23. The maximum atomic E-state index is 12.2. The number of hydrogen-bond acceptors (Lipinski definition) is 4. The Morgan fingerprint density at radius 3 is 2.47 bits per heavy atom. The van der Waals surface area contributed by atoms with Crippen LogP contribution < -0.4 is 15.4 Å². The van der Waals surface area contributed by atoms with E-state index in [4.69, 9.17) is 4.74 Å². The van der Waals surface area contributed by atoms with Crippen molar-refractivity contribution in [3.63, 3.8) is 0 Å². The van der Waals surface area contributed by atoms with Crippen LogP contribution in [0.25, 0.3) is 0 Å². The van der Waals surface area contributed by atoms with E-state index in [1.54, 1.807) is 24.3 Å². The van der Waals surface area contributed by atoms with E-state index in [9.17, 15) is 9.59 Å². The second kappa shape index (κ2) is 10.8. The fourth-order valence-corrected chi connectivity index (χ4v) is 3.66. The predicted molar refractivity (Wildman–Crippen MR) is 119 cm³/mol. The number of hydrogen-bond donors (Lipinski definition) is 2. The number of likely N-dealkylation sites (N-methyl/N-ethyl adjacent to an activating group) is 1. The Hall–Kier alpha value is -2.86. The van der Waals surface area contributed by atoms with Gasteiger partial charge in [-0.15, -0.1) is 0 Å². The highest BCUT2D eigenvalue weighted by atomic mass is 16.5. The van der Waals surface area contributed by atoms with E-state index in [-0.39, 0.29) is 18.4 Å². The van der Waals surface area contributed by atoms with Crippen LogP contribution in [-0.2, 0) is 17.6 Å². The Morgan fingerprint density at radius 2 is 1.73 bits per heavy atom. The summed E-state index contributed by atoms with van der Waals surface area (Å²) >= 11 is 0. The third-order valence-electron chi connectivity index (χ3n) is 5.48. The summed E-state index contributed by atoms with van der Waals surface area (Å²) in [6, 6.07) is 12.9. The highest BCUT2D eigenvalue weighted by Gasteiger charge is 2.12. The summed E-state index contributed by atoms with van der Waals surface area (Å²) in [6.07, 6.45) is 3.39. The fourth-order valence-electron chi connectivity index (χ4n) is 3.66. The van der Waals surface area contributed by atoms with Gasteiger partial charge < -0.3 is 20.3 Å². The van der Waals surface area contributed by atoms with Crippen molar-refractivity contribution in [3.05, 3.63) is 59.2 Å². The van der Waals surface area contributed by atoms with Crippen LogP contribution in [0, 0.1) is 0 Å². The molecule has 0 bridgehead atoms. The molecule has 0 atom stereocenters. The quantitative estimate of drug-likeness (QED) is 0.632. The van der Waals surface area contributed by atoms with Crippen LogP contribution in [0.15, 0.2) is 42.5 Å². The number of nitrogens with one attached hydrogen (secondary N) is 2. The minimum atomic E-state index is -0.230. The Balaban J connectivity index is 1.43. The summed E-state index contributed by atoms with van der Waals surface area (Å²) in [7, 11) is 0. The van der Waals surface area contributed by atoms with Gasteiger partial charge in [0.05, 0.1) is 0 Å². The number of ether oxygens (including phenoxy) is 1. The van der Waals surface area contributed by atoms with Gasteiger partial charge in [0.1, 0.15) is 5.75 Å². The summed E-state index contributed by atoms with van der Waals surface area (Å²) in [5, 5.41) is 5.73. The zero-order valence-electron chi connectivity index (χ0n) is 17.9. The maximum absolute atomic E-state index is 12.2. The molecular weight excluding hydrogens is 378 g/mol. The van der Waals surface area contributed by atoms with Gasteiger partial charge in [0.15, 0.2) is 6.61 Å². The van der Waals surface area contributed by atoms with Crippen molar-refractivity contribution in [2.45, 2.75) is 33.1 Å². The summed E-state index contributed by atoms with van der Waals surface area (Å²) in [4.78, 5) is 26.7. The van der Waals surface area contributed by atoms with Gasteiger partial charge in [0, 0.05) is 24.3 Å². The predicted octanol–water partition coefficient (Wildman–Crippen LogP) is 3.26. The van der Waals surface area contributed by atoms with E-state index in [2.05, 4.69) is 35.4 Å². The van der Waals surface area contributed by atoms with Crippen molar-refractivity contribution in [1.82, 2.24) is 10.2 Å². The Labute approximate surface area is 178 Å². The third kappa shape index (κ3) is 6.07. The number of aryl methyl sites for hydroxylation is 2. The second-order valence-electron chi connectivity index (χ2n) is 7.48. The molecule has 0 aromatic heterocycles. The van der Waals surface area contributed by atoms with Crippen molar-refractivity contribution in [2.24, 2.45) is 0 Å². The standard InChI is InChI=1S/C24H31N3O3/c1-3-27(4-2)15-14-25-24(29)19-8-11-21(12-9-19)26-23(28)17-30-22-13-10-18-6-5-7-20(18)16-22/h8-13,16H,3-7,14-15,17H2,1-2H3,(H,25,29)(H,26,28). The Bertz CT molecular complexity index is 860. The summed E-state index contributed by atoms with van der Waals surface area (Å²) in [6.45, 7) is 7.54. The minimum absolute atomic E-state index is 0.0492. The van der Waals surface area contributed by atoms with Crippen molar-refractivity contribution >= 4 is 17.5 Å². The normalized spacial score (nSPS) is 12.5. The van der Waals surface area contributed by atoms with Crippen molar-refractivity contribution in [2.75, 3.05) is 38.1 Å². The molecule has 1 aliphatic carbocycles. The molecule has 6 heteroatoms. The smallest absolute Gasteiger partial charge is 0.262 e. The molecular formula is C24H31N3O3. The summed E-state index contributed by atoms with van der Waals surface area (Å²) < 4.78 is 5.63. The molecule has 3 rings (SSSR count). The number of nitrogens with zero attached hydrogens (tertiary/aromatic N) is 1. The first-order valence-corrected chi connectivity index (χ1v) is 10.7. The van der Waals surface area contributed by atoms with Crippen LogP contribution >= 0.6 is 0 Å². The maximum Gasteiger partial charge on any atom is 0.262 e. The first-order valence-electron chi connectivity index (χ1n) is 10.7. The van der Waals surface area contributed by atoms with E-state index in [0.717, 1.165) is 38.2 Å². The molecule has 0 aliphatic heterocycles. The zero-order valence-corrected chi connectivity index (χ0v) is 17.9. The van der Waals surface area contributed by atoms with Crippen molar-refractivity contribution < 1.29 is 14.3 Å². The van der Waals surface area contributed by atoms with E-state index < -0.39 is 0 Å². The second-order valence-corrected chi connectivity index (χ2v) is 7.48. The lowest BCUT2D eigenvalue weighted by Gasteiger charge is -2.18. The minimum Gasteiger partial charge on any atom is -0.484 e. The lowest BCUT2D eigenvalue weighted by Crippen LogP contribution is -2.34. The van der Waals surface area contributed by atoms with Crippen molar-refractivity contribution in [3.8, 4) is 5.75 Å². The van der Waals surface area contributed by atoms with Gasteiger partial charge in [-0.2, -0.15) is 0 Å². The van der Waals surface area contributed by atoms with E-state index in [1.165, 1.54) is 17.5 Å². The van der Waals surface area contributed by atoms with Gasteiger partial charge in [-0.1, -0.05) is 19.9 Å². The molecule has 1 aliphatic rings. The lowest BCUT2D eigenvalue weighted by molar-refractivity contribution is -0.118. The first kappa shape index (κ1) is 21.8. The van der Waals surface area contributed by atoms with Gasteiger partial charge >= 0.3 is 0 Å². The molecule has 160 valence electrons. The molecule has 0 radical (unpaired) electrons. The van der Waals surface area contributed by atoms with Gasteiger partial charge in [0.25, 0.3) is 11.8 Å². The summed E-state index contributed by atoms with van der Waals surface area (Å²) in [5.74, 6) is 0.384. The number of fused-ring (bicyclic) bond motifs is 1. The molecule has 0 heterocycles. The largest absolute Gasteiger partial charge is 0.484 e. The van der Waals surface area contributed by atoms with Crippen LogP contribution in [0.4, 0.5) is 5.69 Å². The van der Waals surface area contributed by atoms with Gasteiger partial charge in [0.2, 0.25) is 0 Å². The summed E-state index contributed by atoms with van der Waals surface area (Å²) in [5.41, 5.74) is 3.90. The molecule has 2 amide bonds. The van der Waals surface area contributed by atoms with Crippen LogP contribution in [-0.4, -0.2) is 49.5 Å². The van der Waals surface area contributed by atoms with Crippen LogP contribution in [0.5, 0.6) is 5.75 Å². The molecule has 2 N–H and O–H groups in total. The number of rotatable bonds is 10. The third-order valence-corrected chi connectivity index (χ3v) is 5.48. The molecule has 2 aromatic carbocycles. The van der Waals surface area contributed by atoms with E-state index >= 15 is 0 Å².